The van der Waals surface area contributed by atoms with Crippen molar-refractivity contribution >= 4 is 11.6 Å². The van der Waals surface area contributed by atoms with E-state index in [2.05, 4.69) is 6.92 Å². The van der Waals surface area contributed by atoms with Crippen molar-refractivity contribution in [3.8, 4) is 11.5 Å². The van der Waals surface area contributed by atoms with Crippen molar-refractivity contribution in [3.63, 3.8) is 0 Å². The maximum Gasteiger partial charge on any atom is 0.163 e. The smallest absolute Gasteiger partial charge is 0.163 e. The number of ether oxygens (including phenoxy) is 3. The van der Waals surface area contributed by atoms with E-state index in [4.69, 9.17) is 14.2 Å². The number of carbonyl (C=O) groups excluding carboxylic acids is 2. The second-order valence-electron chi connectivity index (χ2n) is 9.52. The van der Waals surface area contributed by atoms with E-state index in [0.717, 1.165) is 54.9 Å². The molecule has 0 aromatic heterocycles. The van der Waals surface area contributed by atoms with Gasteiger partial charge in [0.25, 0.3) is 0 Å². The Morgan fingerprint density at radius 2 is 1.44 bits per heavy atom. The number of Topliss-reactive ketones (excluding diaryl/α,β-unsaturated/α-hetero) is 2. The number of hydrogen-bond acceptors (Lipinski definition) is 5. The van der Waals surface area contributed by atoms with Gasteiger partial charge in [-0.05, 0) is 43.9 Å². The van der Waals surface area contributed by atoms with Crippen molar-refractivity contribution in [2.75, 3.05) is 13.2 Å². The molecule has 0 N–H and O–H groups in total. The molecule has 2 aliphatic carbocycles. The molecule has 0 atom stereocenters. The maximum absolute atomic E-state index is 13.0. The predicted molar refractivity (Wildman–Crippen MR) is 132 cm³/mol. The van der Waals surface area contributed by atoms with E-state index >= 15 is 0 Å². The summed E-state index contributed by atoms with van der Waals surface area (Å²) in [6, 6.07) is 5.90. The summed E-state index contributed by atoms with van der Waals surface area (Å²) in [4.78, 5) is 26.0. The third-order valence-corrected chi connectivity index (χ3v) is 7.00. The van der Waals surface area contributed by atoms with Crippen LogP contribution >= 0.6 is 0 Å². The number of hydrogen-bond donors (Lipinski definition) is 0. The topological polar surface area (TPSA) is 61.8 Å². The van der Waals surface area contributed by atoms with Crippen molar-refractivity contribution in [1.29, 1.82) is 0 Å². The van der Waals surface area contributed by atoms with Crippen molar-refractivity contribution in [1.82, 2.24) is 0 Å². The Morgan fingerprint density at radius 3 is 2.09 bits per heavy atom. The number of allylic oxidation sites excluding steroid dienone is 4. The molecule has 5 nitrogen and oxygen atoms in total. The Bertz CT molecular complexity index is 929. The van der Waals surface area contributed by atoms with E-state index in [0.29, 0.717) is 43.0 Å². The second-order valence-corrected chi connectivity index (χ2v) is 9.52. The zero-order chi connectivity index (χ0) is 23.9. The van der Waals surface area contributed by atoms with Crippen LogP contribution in [-0.2, 0) is 14.3 Å². The van der Waals surface area contributed by atoms with Gasteiger partial charge < -0.3 is 14.2 Å². The first-order valence-corrected chi connectivity index (χ1v) is 13.2. The fourth-order valence-electron chi connectivity index (χ4n) is 5.31. The molecule has 0 unspecified atom stereocenters. The first-order valence-electron chi connectivity index (χ1n) is 13.2. The molecule has 34 heavy (non-hydrogen) atoms. The molecule has 0 saturated heterocycles. The van der Waals surface area contributed by atoms with Gasteiger partial charge in [-0.1, -0.05) is 45.1 Å². The summed E-state index contributed by atoms with van der Waals surface area (Å²) in [5.74, 6) is 2.74. The lowest BCUT2D eigenvalue weighted by molar-refractivity contribution is -0.117. The van der Waals surface area contributed by atoms with Crippen molar-refractivity contribution < 1.29 is 23.8 Å². The highest BCUT2D eigenvalue weighted by atomic mass is 16.5. The average molecular weight is 467 g/mol. The fraction of sp³-hybridized carbons (Fsp3) is 0.586. The lowest BCUT2D eigenvalue weighted by atomic mass is 9.73. The molecular formula is C29H38O5. The van der Waals surface area contributed by atoms with Crippen LogP contribution < -0.4 is 9.47 Å². The largest absolute Gasteiger partial charge is 0.490 e. The molecule has 0 fully saturated rings. The maximum atomic E-state index is 13.0. The minimum Gasteiger partial charge on any atom is -0.490 e. The molecule has 5 heteroatoms. The molecule has 0 radical (unpaired) electrons. The SMILES string of the molecule is CCCCCCCCOc1ccc(C2C3=C(CCCC3=O)OC3=C2C(=O)CCC3)cc1OCC. The molecular weight excluding hydrogens is 428 g/mol. The van der Waals surface area contributed by atoms with Crippen LogP contribution in [0, 0.1) is 0 Å². The van der Waals surface area contributed by atoms with Gasteiger partial charge in [0, 0.05) is 42.7 Å². The summed E-state index contributed by atoms with van der Waals surface area (Å²) in [5, 5.41) is 0. The normalized spacial score (nSPS) is 18.5. The van der Waals surface area contributed by atoms with E-state index in [1.807, 2.05) is 25.1 Å². The zero-order valence-electron chi connectivity index (χ0n) is 20.8. The third kappa shape index (κ3) is 5.39. The van der Waals surface area contributed by atoms with E-state index in [9.17, 15) is 9.59 Å². The van der Waals surface area contributed by atoms with Gasteiger partial charge >= 0.3 is 0 Å². The summed E-state index contributed by atoms with van der Waals surface area (Å²) >= 11 is 0. The van der Waals surface area contributed by atoms with Crippen LogP contribution in [0.4, 0.5) is 0 Å². The van der Waals surface area contributed by atoms with Crippen molar-refractivity contribution in [2.24, 2.45) is 0 Å². The van der Waals surface area contributed by atoms with Crippen LogP contribution in [0.25, 0.3) is 0 Å². The van der Waals surface area contributed by atoms with Gasteiger partial charge in [0.05, 0.1) is 13.2 Å². The van der Waals surface area contributed by atoms with Crippen molar-refractivity contribution in [3.05, 3.63) is 46.4 Å². The number of benzene rings is 1. The molecule has 0 spiro atoms. The van der Waals surface area contributed by atoms with Crippen LogP contribution in [-0.4, -0.2) is 24.8 Å². The van der Waals surface area contributed by atoms with E-state index in [1.54, 1.807) is 0 Å². The Labute approximate surface area is 203 Å². The quantitative estimate of drug-likeness (QED) is 0.330. The molecule has 4 rings (SSSR count). The van der Waals surface area contributed by atoms with Gasteiger partial charge in [0.15, 0.2) is 23.1 Å². The van der Waals surface area contributed by atoms with Crippen LogP contribution in [0.5, 0.6) is 11.5 Å². The summed E-state index contributed by atoms with van der Waals surface area (Å²) in [5.41, 5.74) is 2.25. The number of ketones is 2. The number of unbranched alkanes of at least 4 members (excludes halogenated alkanes) is 5. The number of carbonyl (C=O) groups is 2. The summed E-state index contributed by atoms with van der Waals surface area (Å²) in [6.07, 6.45) is 11.4. The summed E-state index contributed by atoms with van der Waals surface area (Å²) in [6.45, 7) is 5.36. The summed E-state index contributed by atoms with van der Waals surface area (Å²) < 4.78 is 18.2. The standard InChI is InChI=1S/C29H38O5/c1-3-5-6-7-8-9-18-33-23-17-16-20(19-26(23)32-4-2)27-28-21(30)12-10-14-24(28)34-25-15-11-13-22(31)29(25)27/h16-17,19,27H,3-15,18H2,1-2H3. The predicted octanol–water partition coefficient (Wildman–Crippen LogP) is 6.95. The molecule has 1 aromatic carbocycles. The van der Waals surface area contributed by atoms with Gasteiger partial charge in [0.1, 0.15) is 11.5 Å². The third-order valence-electron chi connectivity index (χ3n) is 7.00. The Balaban J connectivity index is 1.58. The monoisotopic (exact) mass is 466 g/mol. The molecule has 1 aromatic rings. The van der Waals surface area contributed by atoms with Crippen LogP contribution in [0.2, 0.25) is 0 Å². The Morgan fingerprint density at radius 1 is 0.794 bits per heavy atom. The van der Waals surface area contributed by atoms with Gasteiger partial charge in [-0.25, -0.2) is 0 Å². The molecule has 0 amide bonds. The molecule has 0 saturated carbocycles. The Kier molecular flexibility index (Phi) is 8.47. The first-order chi connectivity index (χ1) is 16.6. The molecule has 0 bridgehead atoms. The molecule has 3 aliphatic rings. The minimum atomic E-state index is -0.369. The summed E-state index contributed by atoms with van der Waals surface area (Å²) in [7, 11) is 0. The lowest BCUT2D eigenvalue weighted by Gasteiger charge is -2.36. The molecule has 1 heterocycles. The highest BCUT2D eigenvalue weighted by molar-refractivity contribution is 6.05. The Hall–Kier alpha value is -2.56. The second kappa shape index (κ2) is 11.7. The van der Waals surface area contributed by atoms with E-state index in [1.165, 1.54) is 32.1 Å². The zero-order valence-corrected chi connectivity index (χ0v) is 20.8. The van der Waals surface area contributed by atoms with Gasteiger partial charge in [-0.2, -0.15) is 0 Å². The highest BCUT2D eigenvalue weighted by Crippen LogP contribution is 2.48. The van der Waals surface area contributed by atoms with E-state index < -0.39 is 0 Å². The fourth-order valence-corrected chi connectivity index (χ4v) is 5.31. The molecule has 184 valence electrons. The lowest BCUT2D eigenvalue weighted by Crippen LogP contribution is -2.30. The van der Waals surface area contributed by atoms with Gasteiger partial charge in [0.2, 0.25) is 0 Å². The van der Waals surface area contributed by atoms with Crippen LogP contribution in [0.3, 0.4) is 0 Å². The van der Waals surface area contributed by atoms with E-state index in [-0.39, 0.29) is 17.5 Å². The van der Waals surface area contributed by atoms with Crippen LogP contribution in [0.1, 0.15) is 102 Å². The van der Waals surface area contributed by atoms with Gasteiger partial charge in [-0.3, -0.25) is 9.59 Å². The average Bonchev–Trinajstić information content (AvgIpc) is 2.83. The minimum absolute atomic E-state index is 0.0949. The van der Waals surface area contributed by atoms with Gasteiger partial charge in [-0.15, -0.1) is 0 Å². The van der Waals surface area contributed by atoms with Crippen molar-refractivity contribution in [2.45, 2.75) is 96.8 Å². The highest BCUT2D eigenvalue weighted by Gasteiger charge is 2.41. The number of rotatable bonds is 11. The first kappa shape index (κ1) is 24.6. The molecule has 1 aliphatic heterocycles. The van der Waals surface area contributed by atoms with Crippen LogP contribution in [0.15, 0.2) is 40.9 Å².